The van der Waals surface area contributed by atoms with Crippen molar-refractivity contribution in [1.82, 2.24) is 0 Å². The molecule has 1 heterocycles. The smallest absolute Gasteiger partial charge is 0.336 e. The molecule has 0 spiro atoms. The molecule has 0 aliphatic carbocycles. The average molecular weight is 304 g/mol. The normalized spacial score (nSPS) is 10.8. The van der Waals surface area contributed by atoms with Gasteiger partial charge in [0.2, 0.25) is 11.6 Å². The summed E-state index contributed by atoms with van der Waals surface area (Å²) in [6.07, 6.45) is 0. The fourth-order valence-electron chi connectivity index (χ4n) is 2.11. The first kappa shape index (κ1) is 15.8. The van der Waals surface area contributed by atoms with E-state index in [1.165, 1.54) is 32.4 Å². The number of benzene rings is 1. The molecule has 0 saturated carbocycles. The van der Waals surface area contributed by atoms with E-state index in [2.05, 4.69) is 0 Å². The predicted molar refractivity (Wildman–Crippen MR) is 79.8 cm³/mol. The number of ether oxygens (including phenoxy) is 2. The molecule has 2 rings (SSSR count). The molecule has 6 heteroatoms. The van der Waals surface area contributed by atoms with E-state index in [4.69, 9.17) is 13.9 Å². The summed E-state index contributed by atoms with van der Waals surface area (Å²) in [4.78, 5) is 36.0. The van der Waals surface area contributed by atoms with Crippen LogP contribution in [0.15, 0.2) is 27.4 Å². The molecule has 0 N–H and O–H groups in total. The van der Waals surface area contributed by atoms with Crippen molar-refractivity contribution in [2.75, 3.05) is 14.2 Å². The van der Waals surface area contributed by atoms with Gasteiger partial charge in [0, 0.05) is 18.1 Å². The van der Waals surface area contributed by atoms with Gasteiger partial charge in [0.1, 0.15) is 17.1 Å². The summed E-state index contributed by atoms with van der Waals surface area (Å²) in [5, 5.41) is 0.419. The number of fused-ring (bicyclic) bond motifs is 1. The molecule has 6 nitrogen and oxygen atoms in total. The van der Waals surface area contributed by atoms with E-state index in [0.717, 1.165) is 0 Å². The Morgan fingerprint density at radius 1 is 1.09 bits per heavy atom. The summed E-state index contributed by atoms with van der Waals surface area (Å²) in [7, 11) is 2.80. The van der Waals surface area contributed by atoms with Gasteiger partial charge in [0.25, 0.3) is 0 Å². The van der Waals surface area contributed by atoms with Crippen LogP contribution in [-0.2, 0) is 4.79 Å². The van der Waals surface area contributed by atoms with E-state index in [1.54, 1.807) is 13.8 Å². The number of rotatable bonds is 5. The van der Waals surface area contributed by atoms with E-state index in [9.17, 15) is 14.4 Å². The van der Waals surface area contributed by atoms with Crippen molar-refractivity contribution in [3.05, 3.63) is 34.2 Å². The van der Waals surface area contributed by atoms with Gasteiger partial charge >= 0.3 is 5.63 Å². The highest BCUT2D eigenvalue weighted by atomic mass is 16.5. The fourth-order valence-corrected chi connectivity index (χ4v) is 2.11. The Bertz CT molecular complexity index is 800. The Kier molecular flexibility index (Phi) is 4.30. The molecule has 1 aromatic carbocycles. The van der Waals surface area contributed by atoms with Gasteiger partial charge in [-0.2, -0.15) is 0 Å². The molecular weight excluding hydrogens is 288 g/mol. The van der Waals surface area contributed by atoms with E-state index in [-0.39, 0.29) is 16.9 Å². The molecule has 2 aromatic rings. The van der Waals surface area contributed by atoms with Crippen molar-refractivity contribution in [3.8, 4) is 11.5 Å². The Balaban J connectivity index is 2.87. The summed E-state index contributed by atoms with van der Waals surface area (Å²) >= 11 is 0. The topological polar surface area (TPSA) is 82.8 Å². The van der Waals surface area contributed by atoms with Crippen LogP contribution in [0.4, 0.5) is 0 Å². The molecule has 1 aromatic heterocycles. The zero-order valence-corrected chi connectivity index (χ0v) is 12.8. The highest BCUT2D eigenvalue weighted by Gasteiger charge is 2.28. The second-order valence-electron chi connectivity index (χ2n) is 5.00. The first-order valence-corrected chi connectivity index (χ1v) is 6.68. The minimum Gasteiger partial charge on any atom is -0.496 e. The number of hydrogen-bond donors (Lipinski definition) is 0. The molecule has 0 fully saturated rings. The van der Waals surface area contributed by atoms with Crippen molar-refractivity contribution >= 4 is 22.5 Å². The van der Waals surface area contributed by atoms with Crippen LogP contribution in [0, 0.1) is 5.92 Å². The average Bonchev–Trinajstić information content (AvgIpc) is 2.51. The SMILES string of the molecule is COc1cc(OC)c2ccc(=O)oc2c1C(=O)C(=O)C(C)C. The maximum Gasteiger partial charge on any atom is 0.336 e. The third-order valence-electron chi connectivity index (χ3n) is 3.25. The third kappa shape index (κ3) is 2.59. The summed E-state index contributed by atoms with van der Waals surface area (Å²) in [5.41, 5.74) is -0.703. The van der Waals surface area contributed by atoms with Crippen molar-refractivity contribution in [2.24, 2.45) is 5.92 Å². The lowest BCUT2D eigenvalue weighted by atomic mass is 9.97. The van der Waals surface area contributed by atoms with E-state index in [1.807, 2.05) is 0 Å². The first-order valence-electron chi connectivity index (χ1n) is 6.68. The molecule has 0 radical (unpaired) electrons. The third-order valence-corrected chi connectivity index (χ3v) is 3.25. The van der Waals surface area contributed by atoms with Crippen LogP contribution in [0.25, 0.3) is 11.0 Å². The molecule has 0 amide bonds. The summed E-state index contributed by atoms with van der Waals surface area (Å²) in [6.45, 7) is 3.24. The summed E-state index contributed by atoms with van der Waals surface area (Å²) in [5.74, 6) is -1.32. The molecule has 0 unspecified atom stereocenters. The first-order chi connectivity index (χ1) is 10.4. The van der Waals surface area contributed by atoms with Crippen LogP contribution in [0.2, 0.25) is 0 Å². The summed E-state index contributed by atoms with van der Waals surface area (Å²) < 4.78 is 15.5. The number of methoxy groups -OCH3 is 2. The molecular formula is C16H16O6. The number of ketones is 2. The van der Waals surface area contributed by atoms with Crippen LogP contribution >= 0.6 is 0 Å². The van der Waals surface area contributed by atoms with Gasteiger partial charge in [0.05, 0.1) is 19.6 Å². The second kappa shape index (κ2) is 6.01. The Morgan fingerprint density at radius 3 is 2.27 bits per heavy atom. The van der Waals surface area contributed by atoms with Crippen molar-refractivity contribution in [1.29, 1.82) is 0 Å². The minimum atomic E-state index is -0.756. The zero-order chi connectivity index (χ0) is 16.4. The minimum absolute atomic E-state index is 0.0114. The molecule has 0 atom stereocenters. The van der Waals surface area contributed by atoms with Gasteiger partial charge in [-0.3, -0.25) is 9.59 Å². The van der Waals surface area contributed by atoms with E-state index < -0.39 is 23.1 Å². The van der Waals surface area contributed by atoms with Gasteiger partial charge in [-0.15, -0.1) is 0 Å². The van der Waals surface area contributed by atoms with Gasteiger partial charge < -0.3 is 13.9 Å². The lowest BCUT2D eigenvalue weighted by molar-refractivity contribution is -0.117. The fraction of sp³-hybridized carbons (Fsp3) is 0.312. The van der Waals surface area contributed by atoms with E-state index in [0.29, 0.717) is 11.1 Å². The highest BCUT2D eigenvalue weighted by Crippen LogP contribution is 2.35. The molecule has 0 aliphatic rings. The number of carbonyl (C=O) groups excluding carboxylic acids is 2. The van der Waals surface area contributed by atoms with E-state index >= 15 is 0 Å². The van der Waals surface area contributed by atoms with Crippen LogP contribution in [-0.4, -0.2) is 25.8 Å². The Labute approximate surface area is 126 Å². The van der Waals surface area contributed by atoms with Crippen LogP contribution < -0.4 is 15.1 Å². The second-order valence-corrected chi connectivity index (χ2v) is 5.00. The molecule has 22 heavy (non-hydrogen) atoms. The van der Waals surface area contributed by atoms with Gasteiger partial charge in [0.15, 0.2) is 5.58 Å². The van der Waals surface area contributed by atoms with Crippen LogP contribution in [0.1, 0.15) is 24.2 Å². The molecule has 0 aliphatic heterocycles. The Hall–Kier alpha value is -2.63. The number of carbonyl (C=O) groups is 2. The quantitative estimate of drug-likeness (QED) is 0.478. The number of Topliss-reactive ketones (excluding diaryl/α,β-unsaturated/α-hetero) is 2. The lowest BCUT2D eigenvalue weighted by Crippen LogP contribution is -2.21. The van der Waals surface area contributed by atoms with Crippen molar-refractivity contribution < 1.29 is 23.5 Å². The predicted octanol–water partition coefficient (Wildman–Crippen LogP) is 2.22. The maximum atomic E-state index is 12.5. The largest absolute Gasteiger partial charge is 0.496 e. The lowest BCUT2D eigenvalue weighted by Gasteiger charge is -2.13. The van der Waals surface area contributed by atoms with Crippen molar-refractivity contribution in [2.45, 2.75) is 13.8 Å². The van der Waals surface area contributed by atoms with Crippen LogP contribution in [0.5, 0.6) is 11.5 Å². The highest BCUT2D eigenvalue weighted by molar-refractivity contribution is 6.46. The monoisotopic (exact) mass is 304 g/mol. The Morgan fingerprint density at radius 2 is 1.73 bits per heavy atom. The van der Waals surface area contributed by atoms with Crippen LogP contribution in [0.3, 0.4) is 0 Å². The summed E-state index contributed by atoms with van der Waals surface area (Å²) in [6, 6.07) is 4.19. The molecule has 0 bridgehead atoms. The maximum absolute atomic E-state index is 12.5. The standard InChI is InChI=1S/C16H16O6/c1-8(2)14(18)15(19)13-11(21-4)7-10(20-3)9-5-6-12(17)22-16(9)13/h5-8H,1-4H3. The number of hydrogen-bond acceptors (Lipinski definition) is 6. The molecule has 0 saturated heterocycles. The van der Waals surface area contributed by atoms with Crippen molar-refractivity contribution in [3.63, 3.8) is 0 Å². The van der Waals surface area contributed by atoms with Gasteiger partial charge in [-0.25, -0.2) is 4.79 Å². The zero-order valence-electron chi connectivity index (χ0n) is 12.8. The van der Waals surface area contributed by atoms with Gasteiger partial charge in [-0.05, 0) is 6.07 Å². The molecule has 116 valence electrons. The van der Waals surface area contributed by atoms with Gasteiger partial charge in [-0.1, -0.05) is 13.8 Å².